The SMILES string of the molecule is N#CC1(N2CCNCC2)CCN(C2CC2)C1. The summed E-state index contributed by atoms with van der Waals surface area (Å²) in [4.78, 5) is 4.94. The van der Waals surface area contributed by atoms with Crippen molar-refractivity contribution in [1.29, 1.82) is 5.26 Å². The number of nitrogens with zero attached hydrogens (tertiary/aromatic N) is 3. The second kappa shape index (κ2) is 3.99. The number of likely N-dealkylation sites (tertiary alicyclic amines) is 1. The van der Waals surface area contributed by atoms with Gasteiger partial charge in [0.2, 0.25) is 0 Å². The van der Waals surface area contributed by atoms with E-state index in [1.807, 2.05) is 0 Å². The summed E-state index contributed by atoms with van der Waals surface area (Å²) in [5.74, 6) is 0. The van der Waals surface area contributed by atoms with Crippen molar-refractivity contribution in [2.45, 2.75) is 30.8 Å². The Morgan fingerprint density at radius 3 is 2.56 bits per heavy atom. The maximum Gasteiger partial charge on any atom is 0.123 e. The largest absolute Gasteiger partial charge is 0.314 e. The number of rotatable bonds is 2. The predicted octanol–water partition coefficient (Wildman–Crippen LogP) is 0.0221. The molecular weight excluding hydrogens is 200 g/mol. The van der Waals surface area contributed by atoms with Crippen molar-refractivity contribution in [1.82, 2.24) is 15.1 Å². The van der Waals surface area contributed by atoms with Gasteiger partial charge in [-0.15, -0.1) is 0 Å². The van der Waals surface area contributed by atoms with E-state index in [0.29, 0.717) is 0 Å². The Morgan fingerprint density at radius 1 is 1.19 bits per heavy atom. The normalized spacial score (nSPS) is 37.4. The molecule has 1 N–H and O–H groups in total. The van der Waals surface area contributed by atoms with Crippen LogP contribution in [0.1, 0.15) is 19.3 Å². The highest BCUT2D eigenvalue weighted by atomic mass is 15.3. The van der Waals surface area contributed by atoms with Gasteiger partial charge in [-0.25, -0.2) is 0 Å². The van der Waals surface area contributed by atoms with E-state index in [1.165, 1.54) is 12.8 Å². The molecule has 2 aliphatic heterocycles. The Hall–Kier alpha value is -0.630. The molecule has 0 aromatic heterocycles. The standard InChI is InChI=1S/C12H20N4/c13-9-12(16-7-4-14-5-8-16)3-6-15(10-12)11-1-2-11/h11,14H,1-8,10H2. The molecule has 0 radical (unpaired) electrons. The lowest BCUT2D eigenvalue weighted by molar-refractivity contribution is 0.121. The van der Waals surface area contributed by atoms with Gasteiger partial charge in [-0.1, -0.05) is 0 Å². The van der Waals surface area contributed by atoms with Crippen molar-refractivity contribution in [3.05, 3.63) is 0 Å². The van der Waals surface area contributed by atoms with Crippen LogP contribution in [0.4, 0.5) is 0 Å². The van der Waals surface area contributed by atoms with Crippen LogP contribution in [0.25, 0.3) is 0 Å². The number of hydrogen-bond acceptors (Lipinski definition) is 4. The van der Waals surface area contributed by atoms with E-state index >= 15 is 0 Å². The summed E-state index contributed by atoms with van der Waals surface area (Å²) in [5, 5.41) is 12.9. The first kappa shape index (κ1) is 10.5. The van der Waals surface area contributed by atoms with Gasteiger partial charge in [0.25, 0.3) is 0 Å². The summed E-state index contributed by atoms with van der Waals surface area (Å²) in [5.41, 5.74) is -0.176. The Balaban J connectivity index is 1.70. The molecule has 2 heterocycles. The summed E-state index contributed by atoms with van der Waals surface area (Å²) >= 11 is 0. The van der Waals surface area contributed by atoms with Gasteiger partial charge in [0.15, 0.2) is 0 Å². The molecule has 2 saturated heterocycles. The van der Waals surface area contributed by atoms with Crippen LogP contribution in [0.15, 0.2) is 0 Å². The zero-order valence-corrected chi connectivity index (χ0v) is 9.78. The molecule has 0 amide bonds. The quantitative estimate of drug-likeness (QED) is 0.712. The Kier molecular flexibility index (Phi) is 2.62. The van der Waals surface area contributed by atoms with Gasteiger partial charge in [-0.2, -0.15) is 5.26 Å². The van der Waals surface area contributed by atoms with E-state index < -0.39 is 0 Å². The molecule has 1 atom stereocenters. The fourth-order valence-electron chi connectivity index (χ4n) is 3.09. The van der Waals surface area contributed by atoms with Crippen LogP contribution >= 0.6 is 0 Å². The summed E-state index contributed by atoms with van der Waals surface area (Å²) < 4.78 is 0. The van der Waals surface area contributed by atoms with Gasteiger partial charge in [-0.05, 0) is 19.3 Å². The van der Waals surface area contributed by atoms with Crippen molar-refractivity contribution in [3.63, 3.8) is 0 Å². The second-order valence-electron chi connectivity index (χ2n) is 5.33. The van der Waals surface area contributed by atoms with Crippen molar-refractivity contribution in [2.24, 2.45) is 0 Å². The first-order valence-corrected chi connectivity index (χ1v) is 6.45. The van der Waals surface area contributed by atoms with Crippen LogP contribution in [-0.4, -0.2) is 60.6 Å². The molecule has 4 nitrogen and oxygen atoms in total. The van der Waals surface area contributed by atoms with Crippen LogP contribution < -0.4 is 5.32 Å². The van der Waals surface area contributed by atoms with Crippen LogP contribution in [0.2, 0.25) is 0 Å². The summed E-state index contributed by atoms with van der Waals surface area (Å²) in [6, 6.07) is 3.42. The lowest BCUT2D eigenvalue weighted by Crippen LogP contribution is -2.56. The molecule has 0 aromatic carbocycles. The third kappa shape index (κ3) is 1.73. The first-order valence-electron chi connectivity index (χ1n) is 6.45. The molecule has 1 unspecified atom stereocenters. The molecule has 88 valence electrons. The third-order valence-corrected chi connectivity index (χ3v) is 4.27. The molecule has 1 aliphatic carbocycles. The summed E-state index contributed by atoms with van der Waals surface area (Å²) in [7, 11) is 0. The van der Waals surface area contributed by atoms with Crippen molar-refractivity contribution in [2.75, 3.05) is 39.3 Å². The number of hydrogen-bond donors (Lipinski definition) is 1. The molecule has 3 aliphatic rings. The van der Waals surface area contributed by atoms with Crippen molar-refractivity contribution >= 4 is 0 Å². The lowest BCUT2D eigenvalue weighted by atomic mass is 9.97. The van der Waals surface area contributed by atoms with Crippen molar-refractivity contribution in [3.8, 4) is 6.07 Å². The zero-order chi connectivity index (χ0) is 11.0. The van der Waals surface area contributed by atoms with Crippen LogP contribution in [0, 0.1) is 11.3 Å². The van der Waals surface area contributed by atoms with Gasteiger partial charge in [0.05, 0.1) is 6.07 Å². The Bertz CT molecular complexity index is 301. The van der Waals surface area contributed by atoms with Gasteiger partial charge in [0, 0.05) is 45.3 Å². The van der Waals surface area contributed by atoms with Gasteiger partial charge < -0.3 is 5.32 Å². The first-order chi connectivity index (χ1) is 7.84. The van der Waals surface area contributed by atoms with Crippen LogP contribution in [0.5, 0.6) is 0 Å². The van der Waals surface area contributed by atoms with Crippen LogP contribution in [0.3, 0.4) is 0 Å². The monoisotopic (exact) mass is 220 g/mol. The molecule has 1 saturated carbocycles. The molecule has 0 aromatic rings. The number of nitriles is 1. The fraction of sp³-hybridized carbons (Fsp3) is 0.917. The average Bonchev–Trinajstić information content (AvgIpc) is 3.11. The lowest BCUT2D eigenvalue weighted by Gasteiger charge is -2.38. The van der Waals surface area contributed by atoms with E-state index in [-0.39, 0.29) is 5.54 Å². The highest BCUT2D eigenvalue weighted by Gasteiger charge is 2.47. The molecule has 0 spiro atoms. The van der Waals surface area contributed by atoms with E-state index in [4.69, 9.17) is 0 Å². The molecule has 3 fully saturated rings. The summed E-state index contributed by atoms with van der Waals surface area (Å²) in [6.45, 7) is 6.24. The highest BCUT2D eigenvalue weighted by molar-refractivity contribution is 5.15. The maximum atomic E-state index is 9.55. The van der Waals surface area contributed by atoms with Crippen LogP contribution in [-0.2, 0) is 0 Å². The molecule has 0 bridgehead atoms. The third-order valence-electron chi connectivity index (χ3n) is 4.27. The average molecular weight is 220 g/mol. The van der Waals surface area contributed by atoms with Crippen molar-refractivity contribution < 1.29 is 0 Å². The molecule has 16 heavy (non-hydrogen) atoms. The Labute approximate surface area is 97.2 Å². The predicted molar refractivity (Wildman–Crippen MR) is 62.0 cm³/mol. The molecule has 3 rings (SSSR count). The highest BCUT2D eigenvalue weighted by Crippen LogP contribution is 2.35. The summed E-state index contributed by atoms with van der Waals surface area (Å²) in [6.07, 6.45) is 3.74. The number of piperazine rings is 1. The minimum absolute atomic E-state index is 0.176. The minimum atomic E-state index is -0.176. The Morgan fingerprint density at radius 2 is 1.94 bits per heavy atom. The van der Waals surface area contributed by atoms with E-state index in [9.17, 15) is 5.26 Å². The smallest absolute Gasteiger partial charge is 0.123 e. The fourth-order valence-corrected chi connectivity index (χ4v) is 3.09. The van der Waals surface area contributed by atoms with E-state index in [2.05, 4.69) is 21.2 Å². The van der Waals surface area contributed by atoms with E-state index in [0.717, 1.165) is 51.7 Å². The molecule has 4 heteroatoms. The maximum absolute atomic E-state index is 9.55. The van der Waals surface area contributed by atoms with Gasteiger partial charge in [-0.3, -0.25) is 9.80 Å². The van der Waals surface area contributed by atoms with Gasteiger partial charge in [0.1, 0.15) is 5.54 Å². The van der Waals surface area contributed by atoms with E-state index in [1.54, 1.807) is 0 Å². The minimum Gasteiger partial charge on any atom is -0.314 e. The van der Waals surface area contributed by atoms with Gasteiger partial charge >= 0.3 is 0 Å². The second-order valence-corrected chi connectivity index (χ2v) is 5.33. The topological polar surface area (TPSA) is 42.3 Å². The zero-order valence-electron chi connectivity index (χ0n) is 9.78. The number of nitrogens with one attached hydrogen (secondary N) is 1. The molecular formula is C12H20N4.